The van der Waals surface area contributed by atoms with Gasteiger partial charge in [0.2, 0.25) is 5.91 Å². The topological polar surface area (TPSA) is 97.8 Å². The summed E-state index contributed by atoms with van der Waals surface area (Å²) in [5.41, 5.74) is 9.01. The van der Waals surface area contributed by atoms with Crippen molar-refractivity contribution in [2.75, 3.05) is 32.5 Å². The van der Waals surface area contributed by atoms with Crippen molar-refractivity contribution >= 4 is 50.3 Å². The second-order valence-corrected chi connectivity index (χ2v) is 8.65. The highest BCUT2D eigenvalue weighted by atomic mass is 35.5. The molecule has 1 aliphatic heterocycles. The lowest BCUT2D eigenvalue weighted by atomic mass is 10.1. The minimum atomic E-state index is 0.0344. The molecule has 3 N–H and O–H groups in total. The molecule has 4 heterocycles. The Morgan fingerprint density at radius 2 is 2.23 bits per heavy atom. The highest BCUT2D eigenvalue weighted by molar-refractivity contribution is 7.22. The van der Waals surface area contributed by atoms with Gasteiger partial charge >= 0.3 is 0 Å². The van der Waals surface area contributed by atoms with Crippen molar-refractivity contribution in [3.8, 4) is 16.2 Å². The molecule has 0 atom stereocenters. The van der Waals surface area contributed by atoms with Crippen molar-refractivity contribution in [1.82, 2.24) is 24.8 Å². The number of carbonyl (C=O) groups is 1. The quantitative estimate of drug-likeness (QED) is 0.504. The zero-order chi connectivity index (χ0) is 20.8. The number of nitrogens with two attached hydrogens (primary N) is 1. The molecular formula is C20H19ClN6O2S. The average molecular weight is 443 g/mol. The minimum absolute atomic E-state index is 0.0344. The van der Waals surface area contributed by atoms with Crippen LogP contribution in [-0.4, -0.2) is 52.1 Å². The third kappa shape index (κ3) is 3.24. The van der Waals surface area contributed by atoms with E-state index in [4.69, 9.17) is 22.1 Å². The molecule has 10 heteroatoms. The summed E-state index contributed by atoms with van der Waals surface area (Å²) < 4.78 is 8.30. The van der Waals surface area contributed by atoms with Crippen LogP contribution in [0.15, 0.2) is 30.7 Å². The third-order valence-corrected chi connectivity index (χ3v) is 6.61. The molecule has 1 amide bonds. The van der Waals surface area contributed by atoms with Crippen LogP contribution < -0.4 is 15.8 Å². The molecule has 0 aliphatic carbocycles. The van der Waals surface area contributed by atoms with Gasteiger partial charge in [-0.25, -0.2) is 9.50 Å². The lowest BCUT2D eigenvalue weighted by Crippen LogP contribution is -2.47. The van der Waals surface area contributed by atoms with Gasteiger partial charge in [-0.2, -0.15) is 5.10 Å². The summed E-state index contributed by atoms with van der Waals surface area (Å²) in [7, 11) is 1.64. The molecule has 1 fully saturated rings. The van der Waals surface area contributed by atoms with Crippen LogP contribution in [0.3, 0.4) is 0 Å². The van der Waals surface area contributed by atoms with Gasteiger partial charge < -0.3 is 15.8 Å². The zero-order valence-electron chi connectivity index (χ0n) is 16.2. The smallest absolute Gasteiger partial charge is 0.234 e. The van der Waals surface area contributed by atoms with E-state index in [1.807, 2.05) is 18.3 Å². The monoisotopic (exact) mass is 442 g/mol. The van der Waals surface area contributed by atoms with Crippen LogP contribution in [0.4, 0.5) is 5.82 Å². The Labute approximate surface area is 181 Å². The number of halogens is 1. The number of methoxy groups -OCH3 is 1. The van der Waals surface area contributed by atoms with E-state index in [9.17, 15) is 4.79 Å². The highest BCUT2D eigenvalue weighted by Crippen LogP contribution is 2.43. The maximum Gasteiger partial charge on any atom is 0.234 e. The van der Waals surface area contributed by atoms with Gasteiger partial charge in [-0.15, -0.1) is 11.3 Å². The van der Waals surface area contributed by atoms with E-state index < -0.39 is 0 Å². The molecule has 154 valence electrons. The number of nitrogens with zero attached hydrogens (tertiary/aromatic N) is 4. The first-order chi connectivity index (χ1) is 14.5. The molecule has 0 saturated carbocycles. The summed E-state index contributed by atoms with van der Waals surface area (Å²) in [5.74, 6) is 1.17. The number of amides is 1. The number of benzene rings is 1. The largest absolute Gasteiger partial charge is 0.495 e. The molecule has 0 spiro atoms. The Morgan fingerprint density at radius 1 is 1.37 bits per heavy atom. The summed E-state index contributed by atoms with van der Waals surface area (Å²) in [4.78, 5) is 19.2. The second-order valence-electron chi connectivity index (χ2n) is 7.17. The maximum absolute atomic E-state index is 11.8. The molecule has 0 unspecified atom stereocenters. The summed E-state index contributed by atoms with van der Waals surface area (Å²) >= 11 is 7.88. The number of anilines is 1. The van der Waals surface area contributed by atoms with Crippen molar-refractivity contribution in [2.24, 2.45) is 0 Å². The van der Waals surface area contributed by atoms with E-state index in [0.29, 0.717) is 30.5 Å². The Kier molecular flexibility index (Phi) is 4.73. The lowest BCUT2D eigenvalue weighted by Gasteiger charge is -2.26. The number of hydrogen-bond donors (Lipinski definition) is 2. The van der Waals surface area contributed by atoms with Crippen molar-refractivity contribution in [3.63, 3.8) is 0 Å². The fourth-order valence-corrected chi connectivity index (χ4v) is 5.34. The normalized spacial score (nSPS) is 15.1. The van der Waals surface area contributed by atoms with Crippen LogP contribution in [0.5, 0.6) is 5.75 Å². The summed E-state index contributed by atoms with van der Waals surface area (Å²) in [6.45, 7) is 2.40. The first kappa shape index (κ1) is 19.1. The number of ether oxygens (including phenoxy) is 1. The molecule has 0 radical (unpaired) electrons. The zero-order valence-corrected chi connectivity index (χ0v) is 17.8. The van der Waals surface area contributed by atoms with Crippen LogP contribution in [-0.2, 0) is 11.3 Å². The predicted molar refractivity (Wildman–Crippen MR) is 118 cm³/mol. The van der Waals surface area contributed by atoms with Gasteiger partial charge in [0.15, 0.2) is 5.82 Å². The lowest BCUT2D eigenvalue weighted by molar-refractivity contribution is -0.124. The van der Waals surface area contributed by atoms with Crippen LogP contribution in [0.2, 0.25) is 5.02 Å². The number of rotatable bonds is 4. The highest BCUT2D eigenvalue weighted by Gasteiger charge is 2.23. The van der Waals surface area contributed by atoms with E-state index in [0.717, 1.165) is 43.9 Å². The van der Waals surface area contributed by atoms with Crippen LogP contribution in [0.25, 0.3) is 26.0 Å². The van der Waals surface area contributed by atoms with Gasteiger partial charge in [-0.3, -0.25) is 9.69 Å². The van der Waals surface area contributed by atoms with Gasteiger partial charge in [0.05, 0.1) is 18.4 Å². The molecule has 1 saturated heterocycles. The summed E-state index contributed by atoms with van der Waals surface area (Å²) in [6.07, 6.45) is 3.40. The number of fused-ring (bicyclic) bond motifs is 2. The minimum Gasteiger partial charge on any atom is -0.495 e. The molecule has 1 aliphatic rings. The van der Waals surface area contributed by atoms with Gasteiger partial charge in [0.25, 0.3) is 0 Å². The standard InChI is InChI=1S/C20H19ClN6O2S/c1-29-14-6-13(21)4-11-5-15(30-19(11)14)17-12(7-26-3-2-23-16(28)9-26)8-27-18(17)20(22)24-10-25-27/h4-6,8,10H,2-3,7,9H2,1H3,(H,23,28)(H2,22,24,25). The first-order valence-electron chi connectivity index (χ1n) is 9.40. The van der Waals surface area contributed by atoms with Crippen molar-refractivity contribution in [1.29, 1.82) is 0 Å². The summed E-state index contributed by atoms with van der Waals surface area (Å²) in [6, 6.07) is 5.82. The van der Waals surface area contributed by atoms with Crippen molar-refractivity contribution in [2.45, 2.75) is 6.54 Å². The van der Waals surface area contributed by atoms with Gasteiger partial charge in [0, 0.05) is 47.4 Å². The van der Waals surface area contributed by atoms with Gasteiger partial charge in [0.1, 0.15) is 17.6 Å². The molecule has 1 aromatic carbocycles. The average Bonchev–Trinajstić information content (AvgIpc) is 3.28. The second kappa shape index (κ2) is 7.42. The molecule has 5 rings (SSSR count). The van der Waals surface area contributed by atoms with Crippen LogP contribution in [0, 0.1) is 0 Å². The van der Waals surface area contributed by atoms with E-state index in [1.54, 1.807) is 23.0 Å². The molecule has 30 heavy (non-hydrogen) atoms. The van der Waals surface area contributed by atoms with E-state index in [-0.39, 0.29) is 5.91 Å². The predicted octanol–water partition coefficient (Wildman–Crippen LogP) is 2.79. The number of thiophene rings is 1. The number of nitrogens with one attached hydrogen (secondary N) is 1. The molecular weight excluding hydrogens is 424 g/mol. The number of piperazine rings is 1. The van der Waals surface area contributed by atoms with Crippen molar-refractivity contribution < 1.29 is 9.53 Å². The molecule has 4 aromatic rings. The third-order valence-electron chi connectivity index (χ3n) is 5.21. The van der Waals surface area contributed by atoms with Gasteiger partial charge in [-0.05, 0) is 23.1 Å². The van der Waals surface area contributed by atoms with E-state index >= 15 is 0 Å². The Hall–Kier alpha value is -2.88. The van der Waals surface area contributed by atoms with Crippen LogP contribution >= 0.6 is 22.9 Å². The Balaban J connectivity index is 1.69. The number of carbonyl (C=O) groups excluding carboxylic acids is 1. The summed E-state index contributed by atoms with van der Waals surface area (Å²) in [5, 5.41) is 8.82. The van der Waals surface area contributed by atoms with Gasteiger partial charge in [-0.1, -0.05) is 11.6 Å². The van der Waals surface area contributed by atoms with E-state index in [2.05, 4.69) is 26.4 Å². The molecule has 8 nitrogen and oxygen atoms in total. The van der Waals surface area contributed by atoms with E-state index in [1.165, 1.54) is 6.33 Å². The Morgan fingerprint density at radius 3 is 3.03 bits per heavy atom. The van der Waals surface area contributed by atoms with Crippen molar-refractivity contribution in [3.05, 3.63) is 41.3 Å². The van der Waals surface area contributed by atoms with Crippen LogP contribution in [0.1, 0.15) is 5.56 Å². The SMILES string of the molecule is COc1cc(Cl)cc2cc(-c3c(CN4CCNC(=O)C4)cn4ncnc(N)c34)sc12. The molecule has 0 bridgehead atoms. The molecule has 3 aromatic heterocycles. The number of hydrogen-bond acceptors (Lipinski definition) is 7. The fraction of sp³-hybridized carbons (Fsp3) is 0.250. The first-order valence-corrected chi connectivity index (χ1v) is 10.6. The maximum atomic E-state index is 11.8. The number of aromatic nitrogens is 3. The number of nitrogen functional groups attached to an aromatic ring is 1. The Bertz CT molecular complexity index is 1280. The fourth-order valence-electron chi connectivity index (χ4n) is 3.91.